The fourth-order valence-electron chi connectivity index (χ4n) is 2.05. The molecule has 6 heteroatoms. The molecule has 0 spiro atoms. The third-order valence-corrected chi connectivity index (χ3v) is 5.24. The zero-order valence-corrected chi connectivity index (χ0v) is 10.8. The maximum absolute atomic E-state index is 11.7. The van der Waals surface area contributed by atoms with Crippen LogP contribution >= 0.6 is 0 Å². The van der Waals surface area contributed by atoms with Crippen LogP contribution in [-0.4, -0.2) is 44.0 Å². The number of hydrogen-bond acceptors (Lipinski definition) is 3. The lowest BCUT2D eigenvalue weighted by molar-refractivity contribution is -0.122. The molecule has 1 N–H and O–H groups in total. The number of amides is 1. The van der Waals surface area contributed by atoms with Crippen LogP contribution in [0.4, 0.5) is 0 Å². The Morgan fingerprint density at radius 2 is 2.06 bits per heavy atom. The van der Waals surface area contributed by atoms with E-state index in [4.69, 9.17) is 0 Å². The van der Waals surface area contributed by atoms with Crippen molar-refractivity contribution in [3.05, 3.63) is 0 Å². The summed E-state index contributed by atoms with van der Waals surface area (Å²) in [5.41, 5.74) is 0. The normalized spacial score (nSPS) is 24.5. The van der Waals surface area contributed by atoms with Crippen molar-refractivity contribution in [2.45, 2.75) is 32.1 Å². The number of hydrogen-bond donors (Lipinski definition) is 1. The van der Waals surface area contributed by atoms with Gasteiger partial charge in [-0.3, -0.25) is 4.79 Å². The molecule has 2 aliphatic rings. The van der Waals surface area contributed by atoms with E-state index in [2.05, 4.69) is 5.32 Å². The Hall–Kier alpha value is -0.620. The van der Waals surface area contributed by atoms with E-state index in [0.717, 1.165) is 25.7 Å². The number of rotatable bonds is 5. The highest BCUT2D eigenvalue weighted by molar-refractivity contribution is 7.89. The van der Waals surface area contributed by atoms with Crippen LogP contribution in [0.25, 0.3) is 0 Å². The molecule has 2 rings (SSSR count). The van der Waals surface area contributed by atoms with Gasteiger partial charge in [-0.1, -0.05) is 0 Å². The predicted octanol–water partition coefficient (Wildman–Crippen LogP) is 0.328. The van der Waals surface area contributed by atoms with Crippen molar-refractivity contribution in [2.75, 3.05) is 25.4 Å². The van der Waals surface area contributed by atoms with Crippen LogP contribution in [0.15, 0.2) is 0 Å². The Morgan fingerprint density at radius 3 is 2.71 bits per heavy atom. The fourth-order valence-corrected chi connectivity index (χ4v) is 3.69. The topological polar surface area (TPSA) is 66.5 Å². The zero-order valence-electron chi connectivity index (χ0n) is 10.0. The number of sulfonamides is 1. The van der Waals surface area contributed by atoms with Gasteiger partial charge in [0.05, 0.1) is 5.75 Å². The van der Waals surface area contributed by atoms with Crippen LogP contribution in [0, 0.1) is 5.92 Å². The second kappa shape index (κ2) is 5.35. The molecular weight excluding hydrogens is 240 g/mol. The molecule has 2 fully saturated rings. The van der Waals surface area contributed by atoms with Gasteiger partial charge in [-0.15, -0.1) is 0 Å². The minimum atomic E-state index is -3.01. The lowest BCUT2D eigenvalue weighted by Crippen LogP contribution is -2.39. The van der Waals surface area contributed by atoms with E-state index in [-0.39, 0.29) is 17.6 Å². The first-order chi connectivity index (χ1) is 8.09. The summed E-state index contributed by atoms with van der Waals surface area (Å²) in [4.78, 5) is 11.3. The van der Waals surface area contributed by atoms with Crippen LogP contribution in [0.3, 0.4) is 0 Å². The average Bonchev–Trinajstić information content (AvgIpc) is 3.09. The van der Waals surface area contributed by atoms with Crippen molar-refractivity contribution in [3.8, 4) is 0 Å². The van der Waals surface area contributed by atoms with E-state index in [0.29, 0.717) is 26.1 Å². The van der Waals surface area contributed by atoms with Crippen LogP contribution in [0.2, 0.25) is 0 Å². The number of carbonyl (C=O) groups excluding carboxylic acids is 1. The lowest BCUT2D eigenvalue weighted by Gasteiger charge is -2.26. The maximum Gasteiger partial charge on any atom is 0.223 e. The molecule has 1 aliphatic carbocycles. The van der Waals surface area contributed by atoms with Gasteiger partial charge < -0.3 is 5.32 Å². The molecule has 98 valence electrons. The first kappa shape index (κ1) is 12.8. The van der Waals surface area contributed by atoms with Gasteiger partial charge in [0.25, 0.3) is 0 Å². The first-order valence-electron chi connectivity index (χ1n) is 6.35. The van der Waals surface area contributed by atoms with Crippen molar-refractivity contribution in [3.63, 3.8) is 0 Å². The Morgan fingerprint density at radius 1 is 1.29 bits per heavy atom. The van der Waals surface area contributed by atoms with Crippen molar-refractivity contribution >= 4 is 15.9 Å². The van der Waals surface area contributed by atoms with Gasteiger partial charge in [0.2, 0.25) is 15.9 Å². The highest BCUT2D eigenvalue weighted by Gasteiger charge is 2.29. The highest BCUT2D eigenvalue weighted by atomic mass is 32.2. The second-order valence-electron chi connectivity index (χ2n) is 4.84. The SMILES string of the molecule is O=C(NCCCN1CCCCS1(=O)=O)C1CC1. The summed E-state index contributed by atoms with van der Waals surface area (Å²) in [5, 5.41) is 2.85. The minimum absolute atomic E-state index is 0.131. The monoisotopic (exact) mass is 260 g/mol. The third-order valence-electron chi connectivity index (χ3n) is 3.28. The van der Waals surface area contributed by atoms with Gasteiger partial charge in [0.1, 0.15) is 0 Å². The fraction of sp³-hybridized carbons (Fsp3) is 0.909. The molecular formula is C11H20N2O3S. The third kappa shape index (κ3) is 3.67. The molecule has 0 aromatic carbocycles. The van der Waals surface area contributed by atoms with E-state index in [9.17, 15) is 13.2 Å². The maximum atomic E-state index is 11.7. The Kier molecular flexibility index (Phi) is 4.04. The largest absolute Gasteiger partial charge is 0.356 e. The standard InChI is InChI=1S/C11H20N2O3S/c14-11(10-4-5-10)12-6-3-8-13-7-1-2-9-17(13,15)16/h10H,1-9H2,(H,12,14). The summed E-state index contributed by atoms with van der Waals surface area (Å²) in [6.45, 7) is 1.76. The second-order valence-corrected chi connectivity index (χ2v) is 6.93. The Labute approximate surface area is 103 Å². The van der Waals surface area contributed by atoms with E-state index >= 15 is 0 Å². The van der Waals surface area contributed by atoms with E-state index in [1.165, 1.54) is 0 Å². The smallest absolute Gasteiger partial charge is 0.223 e. The quantitative estimate of drug-likeness (QED) is 0.724. The van der Waals surface area contributed by atoms with Gasteiger partial charge in [0.15, 0.2) is 0 Å². The van der Waals surface area contributed by atoms with Crippen LogP contribution in [0.1, 0.15) is 32.1 Å². The van der Waals surface area contributed by atoms with Gasteiger partial charge in [0, 0.05) is 25.6 Å². The molecule has 1 saturated carbocycles. The molecule has 0 bridgehead atoms. The predicted molar refractivity (Wildman–Crippen MR) is 64.9 cm³/mol. The van der Waals surface area contributed by atoms with E-state index in [1.807, 2.05) is 0 Å². The molecule has 0 radical (unpaired) electrons. The molecule has 0 aromatic heterocycles. The average molecular weight is 260 g/mol. The van der Waals surface area contributed by atoms with Gasteiger partial charge >= 0.3 is 0 Å². The molecule has 17 heavy (non-hydrogen) atoms. The first-order valence-corrected chi connectivity index (χ1v) is 7.96. The van der Waals surface area contributed by atoms with Crippen molar-refractivity contribution < 1.29 is 13.2 Å². The Bertz CT molecular complexity index is 376. The summed E-state index contributed by atoms with van der Waals surface area (Å²) < 4.78 is 24.9. The molecule has 5 nitrogen and oxygen atoms in total. The molecule has 1 aliphatic heterocycles. The number of nitrogens with one attached hydrogen (secondary N) is 1. The van der Waals surface area contributed by atoms with Crippen molar-refractivity contribution in [1.82, 2.24) is 9.62 Å². The van der Waals surface area contributed by atoms with Crippen molar-refractivity contribution in [2.24, 2.45) is 5.92 Å². The summed E-state index contributed by atoms with van der Waals surface area (Å²) in [6, 6.07) is 0. The molecule has 1 saturated heterocycles. The molecule has 0 atom stereocenters. The van der Waals surface area contributed by atoms with Gasteiger partial charge in [-0.25, -0.2) is 12.7 Å². The van der Waals surface area contributed by atoms with Gasteiger partial charge in [-0.2, -0.15) is 0 Å². The summed E-state index contributed by atoms with van der Waals surface area (Å²) in [6.07, 6.45) is 4.45. The van der Waals surface area contributed by atoms with Crippen LogP contribution < -0.4 is 5.32 Å². The number of carbonyl (C=O) groups is 1. The van der Waals surface area contributed by atoms with Crippen LogP contribution in [0.5, 0.6) is 0 Å². The summed E-state index contributed by atoms with van der Waals surface area (Å²) in [5.74, 6) is 0.641. The minimum Gasteiger partial charge on any atom is -0.356 e. The van der Waals surface area contributed by atoms with Crippen LogP contribution in [-0.2, 0) is 14.8 Å². The van der Waals surface area contributed by atoms with Crippen molar-refractivity contribution in [1.29, 1.82) is 0 Å². The molecule has 0 aromatic rings. The zero-order chi connectivity index (χ0) is 12.3. The summed E-state index contributed by atoms with van der Waals surface area (Å²) in [7, 11) is -3.01. The van der Waals surface area contributed by atoms with E-state index < -0.39 is 10.0 Å². The highest BCUT2D eigenvalue weighted by Crippen LogP contribution is 2.28. The Balaban J connectivity index is 1.65. The van der Waals surface area contributed by atoms with Gasteiger partial charge in [-0.05, 0) is 32.1 Å². The molecule has 0 unspecified atom stereocenters. The van der Waals surface area contributed by atoms with E-state index in [1.54, 1.807) is 4.31 Å². The lowest BCUT2D eigenvalue weighted by atomic mass is 10.3. The molecule has 1 amide bonds. The summed E-state index contributed by atoms with van der Waals surface area (Å²) >= 11 is 0. The number of nitrogens with zero attached hydrogens (tertiary/aromatic N) is 1. The molecule has 1 heterocycles.